The number of ether oxygens (including phenoxy) is 1. The van der Waals surface area contributed by atoms with Crippen LogP contribution >= 0.6 is 0 Å². The van der Waals surface area contributed by atoms with Gasteiger partial charge in [0.1, 0.15) is 0 Å². The number of carbonyl (C=O) groups is 3. The zero-order valence-electron chi connectivity index (χ0n) is 22.2. The molecule has 3 amide bonds. The standard InChI is InChI=1S/C27H46N4O4/c1-17(2)35-27(34)30-16-18(3)31(19(4)32)24-12-11-22(14-25(24)30)20-7-9-21(10-8-20)26(33)29-13-5-6-23(29)15-28/h17-18,20-25H,5-16,28H2,1-4H3/t18-,20?,21?,22?,23+,24?,25?/m0/s1. The Kier molecular flexibility index (Phi) is 8.29. The molecule has 35 heavy (non-hydrogen) atoms. The van der Waals surface area contributed by atoms with Crippen molar-refractivity contribution in [1.82, 2.24) is 14.7 Å². The molecule has 0 radical (unpaired) electrons. The monoisotopic (exact) mass is 490 g/mol. The first kappa shape index (κ1) is 26.2. The second kappa shape index (κ2) is 11.1. The molecule has 2 heterocycles. The molecule has 2 N–H and O–H groups in total. The lowest BCUT2D eigenvalue weighted by molar-refractivity contribution is -0.142. The van der Waals surface area contributed by atoms with E-state index in [4.69, 9.17) is 10.5 Å². The Labute approximate surface area is 210 Å². The summed E-state index contributed by atoms with van der Waals surface area (Å²) in [5.41, 5.74) is 5.91. The van der Waals surface area contributed by atoms with Crippen molar-refractivity contribution in [2.45, 2.75) is 116 Å². The first-order valence-corrected chi connectivity index (χ1v) is 14.0. The molecule has 4 fully saturated rings. The number of hydrogen-bond donors (Lipinski definition) is 1. The van der Waals surface area contributed by atoms with Crippen LogP contribution in [0.5, 0.6) is 0 Å². The van der Waals surface area contributed by atoms with Crippen LogP contribution in [0.1, 0.15) is 85.5 Å². The van der Waals surface area contributed by atoms with Crippen LogP contribution in [-0.2, 0) is 14.3 Å². The van der Waals surface area contributed by atoms with Crippen LogP contribution in [-0.4, -0.2) is 82.5 Å². The number of rotatable bonds is 4. The van der Waals surface area contributed by atoms with Gasteiger partial charge in [0.25, 0.3) is 0 Å². The summed E-state index contributed by atoms with van der Waals surface area (Å²) in [6, 6.07) is 0.294. The van der Waals surface area contributed by atoms with Crippen molar-refractivity contribution in [3.8, 4) is 0 Å². The number of hydrogen-bond acceptors (Lipinski definition) is 5. The summed E-state index contributed by atoms with van der Waals surface area (Å²) in [6.07, 6.45) is 8.67. The van der Waals surface area contributed by atoms with Crippen LogP contribution in [0, 0.1) is 17.8 Å². The Morgan fingerprint density at radius 3 is 2.26 bits per heavy atom. The van der Waals surface area contributed by atoms with E-state index in [2.05, 4.69) is 0 Å². The molecule has 4 aliphatic rings. The third kappa shape index (κ3) is 5.47. The molecule has 8 nitrogen and oxygen atoms in total. The Morgan fingerprint density at radius 1 is 0.943 bits per heavy atom. The van der Waals surface area contributed by atoms with Crippen LogP contribution in [0.4, 0.5) is 4.79 Å². The van der Waals surface area contributed by atoms with Crippen molar-refractivity contribution in [2.24, 2.45) is 23.5 Å². The highest BCUT2D eigenvalue weighted by atomic mass is 16.6. The molecule has 0 aromatic rings. The Balaban J connectivity index is 1.40. The molecule has 2 aliphatic heterocycles. The van der Waals surface area contributed by atoms with E-state index in [-0.39, 0.29) is 48.2 Å². The van der Waals surface area contributed by atoms with E-state index in [1.165, 1.54) is 0 Å². The van der Waals surface area contributed by atoms with Crippen molar-refractivity contribution in [2.75, 3.05) is 19.6 Å². The zero-order chi connectivity index (χ0) is 25.3. The summed E-state index contributed by atoms with van der Waals surface area (Å²) in [6.45, 7) is 9.40. The van der Waals surface area contributed by atoms with Crippen molar-refractivity contribution >= 4 is 17.9 Å². The van der Waals surface area contributed by atoms with E-state index in [1.807, 2.05) is 35.5 Å². The minimum absolute atomic E-state index is 0.00519. The second-order valence-electron chi connectivity index (χ2n) is 11.7. The molecule has 3 unspecified atom stereocenters. The first-order valence-electron chi connectivity index (χ1n) is 14.0. The SMILES string of the molecule is CC(=O)N1C2CCC(C3CCC(C(=O)N4CCC[C@@H]4CN)CC3)CC2N(C(=O)OC(C)C)C[C@@H]1C. The number of fused-ring (bicyclic) bond motifs is 1. The van der Waals surface area contributed by atoms with Gasteiger partial charge in [-0.05, 0) is 90.4 Å². The lowest BCUT2D eigenvalue weighted by Gasteiger charge is -2.54. The first-order chi connectivity index (χ1) is 16.7. The fraction of sp³-hybridized carbons (Fsp3) is 0.889. The maximum absolute atomic E-state index is 13.2. The van der Waals surface area contributed by atoms with Crippen molar-refractivity contribution < 1.29 is 19.1 Å². The van der Waals surface area contributed by atoms with Crippen molar-refractivity contribution in [3.05, 3.63) is 0 Å². The van der Waals surface area contributed by atoms with Crippen LogP contribution in [0.25, 0.3) is 0 Å². The van der Waals surface area contributed by atoms with Gasteiger partial charge in [-0.1, -0.05) is 0 Å². The van der Waals surface area contributed by atoms with E-state index in [9.17, 15) is 14.4 Å². The van der Waals surface area contributed by atoms with Gasteiger partial charge in [0.15, 0.2) is 0 Å². The van der Waals surface area contributed by atoms with E-state index in [1.54, 1.807) is 6.92 Å². The topological polar surface area (TPSA) is 96.2 Å². The minimum Gasteiger partial charge on any atom is -0.447 e. The maximum Gasteiger partial charge on any atom is 0.410 e. The zero-order valence-corrected chi connectivity index (χ0v) is 22.2. The molecule has 4 rings (SSSR count). The highest BCUT2D eigenvalue weighted by Gasteiger charge is 2.48. The average molecular weight is 491 g/mol. The predicted molar refractivity (Wildman–Crippen MR) is 134 cm³/mol. The number of piperazine rings is 1. The van der Waals surface area contributed by atoms with Gasteiger partial charge in [0.2, 0.25) is 11.8 Å². The number of carbonyl (C=O) groups excluding carboxylic acids is 3. The normalized spacial score (nSPS) is 35.7. The van der Waals surface area contributed by atoms with E-state index in [0.29, 0.717) is 30.8 Å². The van der Waals surface area contributed by atoms with Gasteiger partial charge in [-0.3, -0.25) is 9.59 Å². The van der Waals surface area contributed by atoms with Crippen molar-refractivity contribution in [1.29, 1.82) is 0 Å². The quantitative estimate of drug-likeness (QED) is 0.652. The molecule has 0 spiro atoms. The predicted octanol–water partition coefficient (Wildman–Crippen LogP) is 3.38. The highest BCUT2D eigenvalue weighted by Crippen LogP contribution is 2.44. The van der Waals surface area contributed by atoms with Gasteiger partial charge in [-0.25, -0.2) is 4.79 Å². The smallest absolute Gasteiger partial charge is 0.410 e. The highest BCUT2D eigenvalue weighted by molar-refractivity contribution is 5.79. The molecule has 0 aromatic heterocycles. The third-order valence-electron chi connectivity index (χ3n) is 9.17. The summed E-state index contributed by atoms with van der Waals surface area (Å²) in [7, 11) is 0. The van der Waals surface area contributed by atoms with Gasteiger partial charge >= 0.3 is 6.09 Å². The molecule has 2 saturated carbocycles. The molecule has 198 valence electrons. The molecule has 5 atom stereocenters. The van der Waals surface area contributed by atoms with Crippen LogP contribution in [0.2, 0.25) is 0 Å². The number of likely N-dealkylation sites (tertiary alicyclic amines) is 1. The lowest BCUT2D eigenvalue weighted by atomic mass is 9.68. The Morgan fingerprint density at radius 2 is 1.63 bits per heavy atom. The van der Waals surface area contributed by atoms with Crippen LogP contribution < -0.4 is 5.73 Å². The number of amides is 3. The molecular weight excluding hydrogens is 444 g/mol. The molecule has 0 bridgehead atoms. The van der Waals surface area contributed by atoms with E-state index >= 15 is 0 Å². The molecule has 0 aromatic carbocycles. The largest absolute Gasteiger partial charge is 0.447 e. The van der Waals surface area contributed by atoms with E-state index < -0.39 is 0 Å². The van der Waals surface area contributed by atoms with Crippen molar-refractivity contribution in [3.63, 3.8) is 0 Å². The van der Waals surface area contributed by atoms with Crippen LogP contribution in [0.15, 0.2) is 0 Å². The van der Waals surface area contributed by atoms with Gasteiger partial charge in [-0.15, -0.1) is 0 Å². The fourth-order valence-corrected chi connectivity index (χ4v) is 7.55. The minimum atomic E-state index is -0.250. The lowest BCUT2D eigenvalue weighted by Crippen LogP contribution is -2.67. The maximum atomic E-state index is 13.2. The average Bonchev–Trinajstić information content (AvgIpc) is 3.31. The van der Waals surface area contributed by atoms with Gasteiger partial charge in [0, 0.05) is 44.6 Å². The summed E-state index contributed by atoms with van der Waals surface area (Å²) < 4.78 is 5.60. The third-order valence-corrected chi connectivity index (χ3v) is 9.17. The Bertz CT molecular complexity index is 781. The molecule has 2 saturated heterocycles. The van der Waals surface area contributed by atoms with E-state index in [0.717, 1.165) is 64.3 Å². The fourth-order valence-electron chi connectivity index (χ4n) is 7.55. The second-order valence-corrected chi connectivity index (χ2v) is 11.7. The Hall–Kier alpha value is -1.83. The summed E-state index contributed by atoms with van der Waals surface area (Å²) in [5.74, 6) is 1.65. The molecule has 8 heteroatoms. The summed E-state index contributed by atoms with van der Waals surface area (Å²) in [5, 5.41) is 0. The van der Waals surface area contributed by atoms with Gasteiger partial charge < -0.3 is 25.2 Å². The van der Waals surface area contributed by atoms with Gasteiger partial charge in [-0.2, -0.15) is 0 Å². The molecule has 2 aliphatic carbocycles. The summed E-state index contributed by atoms with van der Waals surface area (Å²) in [4.78, 5) is 44.6. The number of nitrogens with zero attached hydrogens (tertiary/aromatic N) is 3. The van der Waals surface area contributed by atoms with Crippen LogP contribution in [0.3, 0.4) is 0 Å². The molecular formula is C27H46N4O4. The summed E-state index contributed by atoms with van der Waals surface area (Å²) >= 11 is 0. The number of nitrogens with two attached hydrogens (primary N) is 1. The van der Waals surface area contributed by atoms with Gasteiger partial charge in [0.05, 0.1) is 18.2 Å².